The van der Waals surface area contributed by atoms with Gasteiger partial charge >= 0.3 is 0 Å². The van der Waals surface area contributed by atoms with Gasteiger partial charge < -0.3 is 4.74 Å². The fourth-order valence-electron chi connectivity index (χ4n) is 2.30. The first-order valence-corrected chi connectivity index (χ1v) is 6.26. The van der Waals surface area contributed by atoms with Gasteiger partial charge in [0.15, 0.2) is 11.6 Å². The quantitative estimate of drug-likeness (QED) is 0.768. The number of rotatable bonds is 3. The number of aryl methyl sites for hydroxylation is 1. The van der Waals surface area contributed by atoms with Crippen molar-refractivity contribution in [3.63, 3.8) is 0 Å². The number of benzene rings is 1. The van der Waals surface area contributed by atoms with Crippen molar-refractivity contribution in [3.8, 4) is 5.75 Å². The van der Waals surface area contributed by atoms with E-state index in [9.17, 15) is 8.78 Å². The monoisotopic (exact) mass is 240 g/mol. The molecule has 2 rings (SSSR count). The van der Waals surface area contributed by atoms with Crippen LogP contribution in [0.25, 0.3) is 0 Å². The van der Waals surface area contributed by atoms with Crippen LogP contribution in [0, 0.1) is 24.5 Å². The van der Waals surface area contributed by atoms with Gasteiger partial charge in [0, 0.05) is 0 Å². The number of hydrogen-bond acceptors (Lipinski definition) is 1. The molecule has 1 aliphatic carbocycles. The lowest BCUT2D eigenvalue weighted by atomic mass is 9.90. The van der Waals surface area contributed by atoms with Gasteiger partial charge in [-0.15, -0.1) is 0 Å². The van der Waals surface area contributed by atoms with E-state index in [2.05, 4.69) is 0 Å². The molecule has 0 radical (unpaired) electrons. The Labute approximate surface area is 101 Å². The highest BCUT2D eigenvalue weighted by molar-refractivity contribution is 5.30. The van der Waals surface area contributed by atoms with Crippen LogP contribution in [0.5, 0.6) is 5.75 Å². The average Bonchev–Trinajstić information content (AvgIpc) is 2.36. The van der Waals surface area contributed by atoms with Gasteiger partial charge in [0.1, 0.15) is 0 Å². The summed E-state index contributed by atoms with van der Waals surface area (Å²) in [7, 11) is 0. The van der Waals surface area contributed by atoms with Crippen LogP contribution in [0.2, 0.25) is 0 Å². The van der Waals surface area contributed by atoms with Gasteiger partial charge in [-0.25, -0.2) is 4.39 Å². The van der Waals surface area contributed by atoms with Crippen LogP contribution in [0.3, 0.4) is 0 Å². The summed E-state index contributed by atoms with van der Waals surface area (Å²) in [6, 6.07) is 3.06. The van der Waals surface area contributed by atoms with Gasteiger partial charge in [0.2, 0.25) is 5.82 Å². The van der Waals surface area contributed by atoms with Crippen LogP contribution in [0.4, 0.5) is 8.78 Å². The summed E-state index contributed by atoms with van der Waals surface area (Å²) in [5, 5.41) is 0. The highest BCUT2D eigenvalue weighted by Crippen LogP contribution is 2.26. The summed E-state index contributed by atoms with van der Waals surface area (Å²) >= 11 is 0. The normalized spacial score (nSPS) is 17.1. The molecule has 94 valence electrons. The molecule has 1 saturated carbocycles. The van der Waals surface area contributed by atoms with E-state index in [4.69, 9.17) is 4.74 Å². The molecule has 0 unspecified atom stereocenters. The van der Waals surface area contributed by atoms with E-state index < -0.39 is 11.6 Å². The molecular formula is C14H18F2O. The lowest BCUT2D eigenvalue weighted by molar-refractivity contribution is 0.200. The van der Waals surface area contributed by atoms with Gasteiger partial charge in [-0.3, -0.25) is 0 Å². The fourth-order valence-corrected chi connectivity index (χ4v) is 2.30. The summed E-state index contributed by atoms with van der Waals surface area (Å²) < 4.78 is 32.2. The second-order valence-electron chi connectivity index (χ2n) is 4.82. The maximum absolute atomic E-state index is 13.5. The second-order valence-corrected chi connectivity index (χ2v) is 4.82. The van der Waals surface area contributed by atoms with E-state index in [0.29, 0.717) is 18.1 Å². The zero-order chi connectivity index (χ0) is 12.3. The first kappa shape index (κ1) is 12.3. The van der Waals surface area contributed by atoms with Crippen molar-refractivity contribution in [2.75, 3.05) is 6.61 Å². The van der Waals surface area contributed by atoms with E-state index in [1.165, 1.54) is 25.3 Å². The summed E-state index contributed by atoms with van der Waals surface area (Å²) in [6.45, 7) is 2.04. The van der Waals surface area contributed by atoms with Gasteiger partial charge in [0.25, 0.3) is 0 Å². The Morgan fingerprint density at radius 2 is 1.82 bits per heavy atom. The molecule has 1 aromatic carbocycles. The smallest absolute Gasteiger partial charge is 0.200 e. The Kier molecular flexibility index (Phi) is 3.97. The van der Waals surface area contributed by atoms with Crippen molar-refractivity contribution >= 4 is 0 Å². The first-order valence-electron chi connectivity index (χ1n) is 6.26. The maximum Gasteiger partial charge on any atom is 0.200 e. The topological polar surface area (TPSA) is 9.23 Å². The van der Waals surface area contributed by atoms with Crippen LogP contribution in [0.15, 0.2) is 12.1 Å². The predicted molar refractivity (Wildman–Crippen MR) is 63.2 cm³/mol. The maximum atomic E-state index is 13.5. The molecule has 0 amide bonds. The lowest BCUT2D eigenvalue weighted by Crippen LogP contribution is -2.16. The van der Waals surface area contributed by atoms with Crippen molar-refractivity contribution in [3.05, 3.63) is 29.3 Å². The van der Waals surface area contributed by atoms with Gasteiger partial charge in [0.05, 0.1) is 6.61 Å². The molecule has 1 aliphatic rings. The molecule has 0 aromatic heterocycles. The zero-order valence-corrected chi connectivity index (χ0v) is 10.1. The molecule has 17 heavy (non-hydrogen) atoms. The van der Waals surface area contributed by atoms with Gasteiger partial charge in [-0.05, 0) is 37.3 Å². The van der Waals surface area contributed by atoms with Crippen molar-refractivity contribution in [2.24, 2.45) is 5.92 Å². The summed E-state index contributed by atoms with van der Waals surface area (Å²) in [6.07, 6.45) is 5.99. The standard InChI is InChI=1S/C14H18F2O/c1-10-7-8-12(14(16)13(10)15)17-9-11-5-3-2-4-6-11/h7-8,11H,2-6,9H2,1H3. The van der Waals surface area contributed by atoms with E-state index in [0.717, 1.165) is 12.8 Å². The van der Waals surface area contributed by atoms with Crippen LogP contribution in [-0.4, -0.2) is 6.61 Å². The second kappa shape index (κ2) is 5.48. The predicted octanol–water partition coefficient (Wildman–Crippen LogP) is 4.23. The Balaban J connectivity index is 1.96. The molecule has 0 atom stereocenters. The minimum absolute atomic E-state index is 0.0404. The van der Waals surface area contributed by atoms with Crippen molar-refractivity contribution in [1.29, 1.82) is 0 Å². The molecule has 0 saturated heterocycles. The SMILES string of the molecule is Cc1ccc(OCC2CCCCC2)c(F)c1F. The Bertz CT molecular complexity index is 384. The molecule has 3 heteroatoms. The van der Waals surface area contributed by atoms with Crippen molar-refractivity contribution < 1.29 is 13.5 Å². The molecule has 0 N–H and O–H groups in total. The average molecular weight is 240 g/mol. The molecule has 0 bridgehead atoms. The Morgan fingerprint density at radius 1 is 1.12 bits per heavy atom. The van der Waals surface area contributed by atoms with E-state index in [-0.39, 0.29) is 5.75 Å². The highest BCUT2D eigenvalue weighted by Gasteiger charge is 2.16. The highest BCUT2D eigenvalue weighted by atomic mass is 19.2. The Morgan fingerprint density at radius 3 is 2.53 bits per heavy atom. The largest absolute Gasteiger partial charge is 0.490 e. The lowest BCUT2D eigenvalue weighted by Gasteiger charge is -2.21. The van der Waals surface area contributed by atoms with Gasteiger partial charge in [-0.2, -0.15) is 4.39 Å². The molecule has 1 aromatic rings. The number of ether oxygens (including phenoxy) is 1. The molecular weight excluding hydrogens is 222 g/mol. The molecule has 0 spiro atoms. The summed E-state index contributed by atoms with van der Waals surface area (Å²) in [5.41, 5.74) is 0.313. The first-order chi connectivity index (χ1) is 8.18. The van der Waals surface area contributed by atoms with Crippen molar-refractivity contribution in [1.82, 2.24) is 0 Å². The fraction of sp³-hybridized carbons (Fsp3) is 0.571. The molecule has 0 aliphatic heterocycles. The third-order valence-corrected chi connectivity index (χ3v) is 3.44. The van der Waals surface area contributed by atoms with E-state index >= 15 is 0 Å². The molecule has 0 heterocycles. The third-order valence-electron chi connectivity index (χ3n) is 3.44. The summed E-state index contributed by atoms with van der Waals surface area (Å²) in [5.74, 6) is -1.13. The van der Waals surface area contributed by atoms with Crippen LogP contribution < -0.4 is 4.74 Å². The van der Waals surface area contributed by atoms with E-state index in [1.54, 1.807) is 13.0 Å². The summed E-state index contributed by atoms with van der Waals surface area (Å²) in [4.78, 5) is 0. The van der Waals surface area contributed by atoms with Crippen molar-refractivity contribution in [2.45, 2.75) is 39.0 Å². The number of hydrogen-bond donors (Lipinski definition) is 0. The Hall–Kier alpha value is -1.12. The third kappa shape index (κ3) is 2.96. The minimum atomic E-state index is -0.860. The van der Waals surface area contributed by atoms with Crippen LogP contribution in [-0.2, 0) is 0 Å². The zero-order valence-electron chi connectivity index (χ0n) is 10.1. The minimum Gasteiger partial charge on any atom is -0.490 e. The molecule has 1 fully saturated rings. The number of halogens is 2. The van der Waals surface area contributed by atoms with Gasteiger partial charge in [-0.1, -0.05) is 25.3 Å². The van der Waals surface area contributed by atoms with Crippen LogP contribution in [0.1, 0.15) is 37.7 Å². The molecule has 1 nitrogen and oxygen atoms in total. The van der Waals surface area contributed by atoms with Crippen LogP contribution >= 0.6 is 0 Å². The van der Waals surface area contributed by atoms with E-state index in [1.807, 2.05) is 0 Å².